The monoisotopic (exact) mass is 337 g/mol. The fourth-order valence-electron chi connectivity index (χ4n) is 4.06. The lowest BCUT2D eigenvalue weighted by atomic mass is 9.89. The van der Waals surface area contributed by atoms with Gasteiger partial charge in [0.15, 0.2) is 0 Å². The number of rotatable bonds is 4. The van der Waals surface area contributed by atoms with Gasteiger partial charge in [-0.25, -0.2) is 0 Å². The molecule has 5 nitrogen and oxygen atoms in total. The number of aryl methyl sites for hydroxylation is 2. The molecule has 0 bridgehead atoms. The molecule has 0 unspecified atom stereocenters. The zero-order valence-electron chi connectivity index (χ0n) is 15.4. The van der Waals surface area contributed by atoms with Gasteiger partial charge in [0.25, 0.3) is 0 Å². The maximum Gasteiger partial charge on any atom is 0.146 e. The molecule has 0 aliphatic carbocycles. The number of aromatic amines is 1. The van der Waals surface area contributed by atoms with Crippen molar-refractivity contribution in [2.75, 3.05) is 13.1 Å². The number of fused-ring (bicyclic) bond motifs is 1. The molecule has 1 aliphatic heterocycles. The van der Waals surface area contributed by atoms with E-state index in [9.17, 15) is 0 Å². The number of nitrogens with one attached hydrogen (secondary N) is 1. The standard InChI is InChI=1S/C20H27N5/c1-4-15-6-5-7-17-18(12-21-20(15)17)16-8-10-25(11-9-16)13-19-23-22-14(2)24(19)3/h5-7,12,16,21H,4,8-11,13H2,1-3H3. The Morgan fingerprint density at radius 2 is 2.00 bits per heavy atom. The van der Waals surface area contributed by atoms with Gasteiger partial charge in [-0.2, -0.15) is 0 Å². The molecule has 1 aliphatic rings. The smallest absolute Gasteiger partial charge is 0.146 e. The minimum atomic E-state index is 0.651. The van der Waals surface area contributed by atoms with Gasteiger partial charge in [-0.05, 0) is 56.3 Å². The summed E-state index contributed by atoms with van der Waals surface area (Å²) in [5.41, 5.74) is 4.25. The van der Waals surface area contributed by atoms with Gasteiger partial charge >= 0.3 is 0 Å². The van der Waals surface area contributed by atoms with Gasteiger partial charge in [0.2, 0.25) is 0 Å². The third-order valence-corrected chi connectivity index (χ3v) is 5.79. The van der Waals surface area contributed by atoms with Gasteiger partial charge in [0.05, 0.1) is 6.54 Å². The van der Waals surface area contributed by atoms with Gasteiger partial charge in [-0.1, -0.05) is 25.1 Å². The van der Waals surface area contributed by atoms with Crippen molar-refractivity contribution in [3.8, 4) is 0 Å². The number of likely N-dealkylation sites (tertiary alicyclic amines) is 1. The average Bonchev–Trinajstić information content (AvgIpc) is 3.21. The Bertz CT molecular complexity index is 867. The van der Waals surface area contributed by atoms with Crippen molar-refractivity contribution in [1.29, 1.82) is 0 Å². The molecule has 3 aromatic rings. The number of piperidine rings is 1. The first kappa shape index (κ1) is 16.3. The third-order valence-electron chi connectivity index (χ3n) is 5.79. The molecule has 1 aromatic carbocycles. The van der Waals surface area contributed by atoms with Crippen LogP contribution in [0.1, 0.15) is 48.5 Å². The fourth-order valence-corrected chi connectivity index (χ4v) is 4.06. The van der Waals surface area contributed by atoms with E-state index in [1.54, 1.807) is 0 Å². The summed E-state index contributed by atoms with van der Waals surface area (Å²) < 4.78 is 2.10. The van der Waals surface area contributed by atoms with E-state index in [1.165, 1.54) is 34.9 Å². The molecule has 5 heteroatoms. The van der Waals surface area contributed by atoms with E-state index in [2.05, 4.69) is 63.0 Å². The summed E-state index contributed by atoms with van der Waals surface area (Å²) in [7, 11) is 2.05. The zero-order chi connectivity index (χ0) is 17.4. The van der Waals surface area contributed by atoms with Gasteiger partial charge in [0.1, 0.15) is 11.6 Å². The summed E-state index contributed by atoms with van der Waals surface area (Å²) in [6.45, 7) is 7.37. The van der Waals surface area contributed by atoms with E-state index in [-0.39, 0.29) is 0 Å². The van der Waals surface area contributed by atoms with Crippen LogP contribution in [0, 0.1) is 6.92 Å². The minimum absolute atomic E-state index is 0.651. The lowest BCUT2D eigenvalue weighted by Gasteiger charge is -2.31. The Balaban J connectivity index is 1.46. The zero-order valence-corrected chi connectivity index (χ0v) is 15.4. The molecular weight excluding hydrogens is 310 g/mol. The number of aromatic nitrogens is 4. The Kier molecular flexibility index (Phi) is 4.34. The number of para-hydroxylation sites is 1. The van der Waals surface area contributed by atoms with Crippen molar-refractivity contribution in [2.24, 2.45) is 7.05 Å². The van der Waals surface area contributed by atoms with Gasteiger partial charge in [0, 0.05) is 24.1 Å². The molecule has 0 saturated carbocycles. The van der Waals surface area contributed by atoms with Crippen molar-refractivity contribution in [3.63, 3.8) is 0 Å². The van der Waals surface area contributed by atoms with Crippen molar-refractivity contribution in [1.82, 2.24) is 24.6 Å². The summed E-state index contributed by atoms with van der Waals surface area (Å²) in [6.07, 6.45) is 5.74. The van der Waals surface area contributed by atoms with Crippen LogP contribution < -0.4 is 0 Å². The Labute approximate surface area is 149 Å². The Morgan fingerprint density at radius 3 is 2.68 bits per heavy atom. The highest BCUT2D eigenvalue weighted by atomic mass is 15.3. The predicted octanol–water partition coefficient (Wildman–Crippen LogP) is 3.55. The summed E-state index contributed by atoms with van der Waals surface area (Å²) in [5.74, 6) is 2.70. The number of nitrogens with zero attached hydrogens (tertiary/aromatic N) is 4. The first-order valence-corrected chi connectivity index (χ1v) is 9.33. The van der Waals surface area contributed by atoms with Crippen molar-refractivity contribution >= 4 is 10.9 Å². The summed E-state index contributed by atoms with van der Waals surface area (Å²) >= 11 is 0. The summed E-state index contributed by atoms with van der Waals surface area (Å²) in [6, 6.07) is 6.70. The van der Waals surface area contributed by atoms with E-state index >= 15 is 0 Å². The van der Waals surface area contributed by atoms with Crippen molar-refractivity contribution in [3.05, 3.63) is 47.2 Å². The molecule has 0 amide bonds. The van der Waals surface area contributed by atoms with E-state index in [1.807, 2.05) is 6.92 Å². The van der Waals surface area contributed by atoms with Crippen molar-refractivity contribution < 1.29 is 0 Å². The SMILES string of the molecule is CCc1cccc2c(C3CCN(Cc4nnc(C)n4C)CC3)c[nH]c12. The lowest BCUT2D eigenvalue weighted by molar-refractivity contribution is 0.198. The van der Waals surface area contributed by atoms with Crippen LogP contribution in [-0.4, -0.2) is 37.7 Å². The highest BCUT2D eigenvalue weighted by Crippen LogP contribution is 2.34. The molecular formula is C20H27N5. The molecule has 3 heterocycles. The van der Waals surface area contributed by atoms with Gasteiger partial charge in [-0.3, -0.25) is 4.90 Å². The highest BCUT2D eigenvalue weighted by molar-refractivity contribution is 5.86. The maximum atomic E-state index is 4.30. The van der Waals surface area contributed by atoms with E-state index in [0.717, 1.165) is 37.7 Å². The molecule has 4 rings (SSSR count). The predicted molar refractivity (Wildman–Crippen MR) is 101 cm³/mol. The van der Waals surface area contributed by atoms with Crippen LogP contribution >= 0.6 is 0 Å². The normalized spacial score (nSPS) is 16.8. The Morgan fingerprint density at radius 1 is 1.20 bits per heavy atom. The number of hydrogen-bond acceptors (Lipinski definition) is 3. The molecule has 1 N–H and O–H groups in total. The molecule has 25 heavy (non-hydrogen) atoms. The Hall–Kier alpha value is -2.14. The van der Waals surface area contributed by atoms with E-state index in [0.29, 0.717) is 5.92 Å². The molecule has 1 fully saturated rings. The summed E-state index contributed by atoms with van der Waals surface area (Å²) in [5, 5.41) is 9.89. The van der Waals surface area contributed by atoms with Crippen LogP contribution in [0.4, 0.5) is 0 Å². The topological polar surface area (TPSA) is 49.7 Å². The van der Waals surface area contributed by atoms with Crippen LogP contribution in [0.25, 0.3) is 10.9 Å². The second-order valence-corrected chi connectivity index (χ2v) is 7.21. The minimum Gasteiger partial charge on any atom is -0.361 e. The number of H-pyrrole nitrogens is 1. The average molecular weight is 337 g/mol. The highest BCUT2D eigenvalue weighted by Gasteiger charge is 2.24. The molecule has 2 aromatic heterocycles. The van der Waals surface area contributed by atoms with Crippen LogP contribution in [0.3, 0.4) is 0 Å². The second-order valence-electron chi connectivity index (χ2n) is 7.21. The maximum absolute atomic E-state index is 4.30. The third kappa shape index (κ3) is 2.97. The number of hydrogen-bond donors (Lipinski definition) is 1. The lowest BCUT2D eigenvalue weighted by Crippen LogP contribution is -2.33. The van der Waals surface area contributed by atoms with Crippen LogP contribution in [-0.2, 0) is 20.0 Å². The van der Waals surface area contributed by atoms with Gasteiger partial charge < -0.3 is 9.55 Å². The number of benzene rings is 1. The molecule has 0 spiro atoms. The first-order valence-electron chi connectivity index (χ1n) is 9.33. The second kappa shape index (κ2) is 6.64. The van der Waals surface area contributed by atoms with Crippen molar-refractivity contribution in [2.45, 2.75) is 45.6 Å². The molecule has 132 valence electrons. The molecule has 1 saturated heterocycles. The van der Waals surface area contributed by atoms with Crippen LogP contribution in [0.15, 0.2) is 24.4 Å². The van der Waals surface area contributed by atoms with Crippen LogP contribution in [0.2, 0.25) is 0 Å². The fraction of sp³-hybridized carbons (Fsp3) is 0.500. The van der Waals surface area contributed by atoms with Crippen LogP contribution in [0.5, 0.6) is 0 Å². The van der Waals surface area contributed by atoms with Gasteiger partial charge in [-0.15, -0.1) is 10.2 Å². The first-order chi connectivity index (χ1) is 12.2. The largest absolute Gasteiger partial charge is 0.361 e. The quantitative estimate of drug-likeness (QED) is 0.792. The van der Waals surface area contributed by atoms with E-state index in [4.69, 9.17) is 0 Å². The summed E-state index contributed by atoms with van der Waals surface area (Å²) in [4.78, 5) is 6.04. The molecule has 0 atom stereocenters. The van der Waals surface area contributed by atoms with E-state index < -0.39 is 0 Å². The molecule has 0 radical (unpaired) electrons.